The van der Waals surface area contributed by atoms with Gasteiger partial charge in [-0.3, -0.25) is 13.6 Å². The number of phenols is 1. The zero-order valence-corrected chi connectivity index (χ0v) is 38.8. The average Bonchev–Trinajstić information content (AvgIpc) is 3.10. The quantitative estimate of drug-likeness (QED) is 0.173. The van der Waals surface area contributed by atoms with Gasteiger partial charge in [0.1, 0.15) is 23.0 Å². The molecule has 0 saturated carbocycles. The second kappa shape index (κ2) is 15.2. The summed E-state index contributed by atoms with van der Waals surface area (Å²) in [6, 6.07) is 16.6. The number of phosphoric ester groups is 2. The van der Waals surface area contributed by atoms with E-state index in [1.54, 1.807) is 0 Å². The highest BCUT2D eigenvalue weighted by Crippen LogP contribution is 2.57. The van der Waals surface area contributed by atoms with Crippen LogP contribution >= 0.6 is 15.6 Å². The number of hydrogen-bond acceptors (Lipinski definition) is 9. The molecule has 0 aromatic heterocycles. The topological polar surface area (TPSA) is 110 Å². The van der Waals surface area contributed by atoms with Crippen molar-refractivity contribution in [1.82, 2.24) is 0 Å². The molecule has 7 rings (SSSR count). The first-order valence-electron chi connectivity index (χ1n) is 20.0. The maximum absolute atomic E-state index is 14.9. The van der Waals surface area contributed by atoms with Crippen LogP contribution in [0.2, 0.25) is 0 Å². The number of rotatable bonds is 5. The minimum Gasteiger partial charge on any atom is -0.507 e. The van der Waals surface area contributed by atoms with Gasteiger partial charge in [0.25, 0.3) is 0 Å². The van der Waals surface area contributed by atoms with Gasteiger partial charge < -0.3 is 18.7 Å². The van der Waals surface area contributed by atoms with Gasteiger partial charge >= 0.3 is 15.6 Å². The third-order valence-corrected chi connectivity index (χ3v) is 13.8. The van der Waals surface area contributed by atoms with Crippen molar-refractivity contribution < 1.29 is 41.4 Å². The summed E-state index contributed by atoms with van der Waals surface area (Å²) in [6.07, 6.45) is 1.13. The summed E-state index contributed by atoms with van der Waals surface area (Å²) in [5.74, 6) is 1.24. The number of phosphoric acid groups is 2. The lowest BCUT2D eigenvalue weighted by atomic mass is 9.79. The lowest BCUT2D eigenvalue weighted by molar-refractivity contribution is 0.210. The van der Waals surface area contributed by atoms with E-state index in [2.05, 4.69) is 119 Å². The third-order valence-electron chi connectivity index (χ3n) is 11.3. The van der Waals surface area contributed by atoms with Gasteiger partial charge in [0.2, 0.25) is 0 Å². The van der Waals surface area contributed by atoms with Crippen LogP contribution in [0.15, 0.2) is 48.5 Å². The van der Waals surface area contributed by atoms with E-state index in [-0.39, 0.29) is 46.7 Å². The predicted octanol–water partition coefficient (Wildman–Crippen LogP) is 12.6. The molecule has 0 amide bonds. The van der Waals surface area contributed by atoms with Crippen LogP contribution in [0.25, 0.3) is 0 Å². The molecule has 0 fully saturated rings. The molecule has 4 aromatic rings. The van der Waals surface area contributed by atoms with Gasteiger partial charge in [-0.2, -0.15) is 0 Å². The highest BCUT2D eigenvalue weighted by molar-refractivity contribution is 7.49. The number of phenolic OH excluding ortho intramolecular Hbond substituents is 1. The van der Waals surface area contributed by atoms with E-state index in [4.69, 9.17) is 27.1 Å². The lowest BCUT2D eigenvalue weighted by Gasteiger charge is -2.31. The number of benzene rings is 4. The van der Waals surface area contributed by atoms with Gasteiger partial charge in [-0.25, -0.2) is 9.13 Å². The van der Waals surface area contributed by atoms with Crippen LogP contribution in [0.4, 0.5) is 0 Å². The van der Waals surface area contributed by atoms with Gasteiger partial charge in [-0.05, 0) is 88.4 Å². The second-order valence-electron chi connectivity index (χ2n) is 19.9. The Balaban J connectivity index is 1.83. The molecule has 58 heavy (non-hydrogen) atoms. The standard InChI is InChI=1S/C47H62O9P2/c1-44(2,3)36-20-28-16-30-22-37(45(4,5)6)24-32(41(30)54-57(49,51-13)52-14)18-34-26-39(47(10,11)12)27-35-19-33-25-38(46(7,8)9)23-31(17-29(21-36)40(28)48)42(33)55-58(50,53-15)56-43(34)35/h20-27,48H,16-19H2,1-15H3. The van der Waals surface area contributed by atoms with Crippen LogP contribution in [-0.4, -0.2) is 26.4 Å². The van der Waals surface area contributed by atoms with Crippen molar-refractivity contribution >= 4 is 15.6 Å². The number of hydrogen-bond donors (Lipinski definition) is 1. The average molecular weight is 833 g/mol. The Morgan fingerprint density at radius 2 is 0.793 bits per heavy atom. The van der Waals surface area contributed by atoms with E-state index < -0.39 is 15.6 Å². The fourth-order valence-corrected chi connectivity index (χ4v) is 9.42. The Labute approximate surface area is 346 Å². The zero-order chi connectivity index (χ0) is 43.0. The molecular formula is C47H62O9P2. The van der Waals surface area contributed by atoms with Crippen LogP contribution in [0.1, 0.15) is 150 Å². The molecule has 1 aliphatic carbocycles. The van der Waals surface area contributed by atoms with Gasteiger partial charge in [0, 0.05) is 47.0 Å². The Bertz CT molecular complexity index is 2340. The van der Waals surface area contributed by atoms with Crippen molar-refractivity contribution in [2.45, 2.75) is 130 Å². The molecule has 10 bridgehead atoms. The van der Waals surface area contributed by atoms with Gasteiger partial charge in [0.05, 0.1) is 0 Å². The normalized spacial score (nSPS) is 17.4. The molecule has 11 heteroatoms. The molecule has 3 aliphatic rings. The van der Waals surface area contributed by atoms with Gasteiger partial charge in [-0.15, -0.1) is 0 Å². The van der Waals surface area contributed by atoms with Crippen LogP contribution in [-0.2, 0) is 70.0 Å². The predicted molar refractivity (Wildman–Crippen MR) is 232 cm³/mol. The molecule has 2 aliphatic heterocycles. The SMILES string of the molecule is COP(=O)(OC)Oc1c2cc(C(C)(C)C)cc1Cc1cc(C(C)(C)C)cc3c1OP(=O)(OC)Oc1c(cc(C(C)(C)C)cc1C3)Cc1cc(C(C)(C)C)cc(c1O)C2. The van der Waals surface area contributed by atoms with Crippen molar-refractivity contribution in [3.63, 3.8) is 0 Å². The molecule has 1 unspecified atom stereocenters. The Kier molecular flexibility index (Phi) is 11.5. The molecule has 1 atom stereocenters. The molecule has 4 aromatic carbocycles. The van der Waals surface area contributed by atoms with Crippen LogP contribution in [0.5, 0.6) is 23.0 Å². The first-order valence-corrected chi connectivity index (χ1v) is 22.9. The summed E-state index contributed by atoms with van der Waals surface area (Å²) in [5.41, 5.74) is 8.86. The van der Waals surface area contributed by atoms with Crippen molar-refractivity contribution in [3.8, 4) is 23.0 Å². The Morgan fingerprint density at radius 1 is 0.517 bits per heavy atom. The molecular weight excluding hydrogens is 770 g/mol. The van der Waals surface area contributed by atoms with Crippen LogP contribution in [0.3, 0.4) is 0 Å². The summed E-state index contributed by atoms with van der Waals surface area (Å²) < 4.78 is 64.8. The summed E-state index contributed by atoms with van der Waals surface area (Å²) in [4.78, 5) is 0. The molecule has 0 saturated heterocycles. The van der Waals surface area contributed by atoms with Crippen molar-refractivity contribution in [2.24, 2.45) is 0 Å². The highest BCUT2D eigenvalue weighted by Gasteiger charge is 2.38. The van der Waals surface area contributed by atoms with E-state index in [1.807, 2.05) is 12.1 Å². The summed E-state index contributed by atoms with van der Waals surface area (Å²) in [6.45, 7) is 25.8. The number of fused-ring (bicyclic) bond motifs is 2. The van der Waals surface area contributed by atoms with E-state index >= 15 is 0 Å². The largest absolute Gasteiger partial charge is 0.587 e. The van der Waals surface area contributed by atoms with Crippen molar-refractivity contribution in [3.05, 3.63) is 115 Å². The summed E-state index contributed by atoms with van der Waals surface area (Å²) in [7, 11) is -4.52. The Hall–Kier alpha value is -3.58. The molecule has 314 valence electrons. The smallest absolute Gasteiger partial charge is 0.507 e. The molecule has 1 N–H and O–H groups in total. The number of aromatic hydroxyl groups is 1. The van der Waals surface area contributed by atoms with Crippen LogP contribution < -0.4 is 13.6 Å². The van der Waals surface area contributed by atoms with Gasteiger partial charge in [-0.1, -0.05) is 132 Å². The van der Waals surface area contributed by atoms with Crippen molar-refractivity contribution in [2.75, 3.05) is 21.3 Å². The van der Waals surface area contributed by atoms with E-state index in [1.165, 1.54) is 21.3 Å². The van der Waals surface area contributed by atoms with E-state index in [0.29, 0.717) is 45.9 Å². The van der Waals surface area contributed by atoms with Crippen LogP contribution in [0, 0.1) is 0 Å². The maximum Gasteiger partial charge on any atom is 0.587 e. The minimum atomic E-state index is -4.32. The lowest BCUT2D eigenvalue weighted by Crippen LogP contribution is -2.19. The summed E-state index contributed by atoms with van der Waals surface area (Å²) >= 11 is 0. The molecule has 2 heterocycles. The minimum absolute atomic E-state index is 0.115. The fraction of sp³-hybridized carbons (Fsp3) is 0.489. The molecule has 0 spiro atoms. The molecule has 0 radical (unpaired) electrons. The highest BCUT2D eigenvalue weighted by atomic mass is 31.2. The first-order chi connectivity index (χ1) is 26.7. The second-order valence-corrected chi connectivity index (χ2v) is 23.4. The van der Waals surface area contributed by atoms with E-state index in [0.717, 1.165) is 44.5 Å². The van der Waals surface area contributed by atoms with E-state index in [9.17, 15) is 14.2 Å². The maximum atomic E-state index is 14.9. The monoisotopic (exact) mass is 832 g/mol. The first kappa shape index (κ1) is 44.0. The van der Waals surface area contributed by atoms with Crippen molar-refractivity contribution in [1.29, 1.82) is 0 Å². The zero-order valence-electron chi connectivity index (χ0n) is 37.1. The Morgan fingerprint density at radius 3 is 1.10 bits per heavy atom. The third kappa shape index (κ3) is 8.95. The molecule has 9 nitrogen and oxygen atoms in total. The summed E-state index contributed by atoms with van der Waals surface area (Å²) in [5, 5.41) is 12.4. The van der Waals surface area contributed by atoms with Gasteiger partial charge in [0.15, 0.2) is 0 Å². The fourth-order valence-electron chi connectivity index (χ4n) is 7.56.